The largest absolute Gasteiger partial charge is 0.396 e. The molecule has 1 unspecified atom stereocenters. The van der Waals surface area contributed by atoms with Crippen LogP contribution in [0.5, 0.6) is 0 Å². The molecule has 0 bridgehead atoms. The van der Waals surface area contributed by atoms with E-state index in [1.807, 2.05) is 6.20 Å². The summed E-state index contributed by atoms with van der Waals surface area (Å²) in [6.07, 6.45) is 2.94. The number of aromatic nitrogens is 1. The molecule has 1 aromatic rings. The zero-order valence-electron chi connectivity index (χ0n) is 8.43. The van der Waals surface area contributed by atoms with Crippen LogP contribution in [0.4, 0.5) is 5.13 Å². The lowest BCUT2D eigenvalue weighted by atomic mass is 10.1. The Hall–Kier alpha value is -0.360. The number of rotatable bonds is 3. The van der Waals surface area contributed by atoms with Gasteiger partial charge in [-0.1, -0.05) is 0 Å². The molecule has 4 nitrogen and oxygen atoms in total. The Kier molecular flexibility index (Phi) is 4.79. The molecule has 6 heteroatoms. The summed E-state index contributed by atoms with van der Waals surface area (Å²) in [4.78, 5) is 7.57. The number of thiazole rings is 1. The van der Waals surface area contributed by atoms with Crippen molar-refractivity contribution in [3.8, 4) is 0 Å². The third-order valence-electron chi connectivity index (χ3n) is 2.58. The van der Waals surface area contributed by atoms with Gasteiger partial charge in [0.15, 0.2) is 5.13 Å². The summed E-state index contributed by atoms with van der Waals surface area (Å²) in [5, 5.41) is 9.63. The van der Waals surface area contributed by atoms with Crippen molar-refractivity contribution in [2.24, 2.45) is 5.92 Å². The SMILES string of the molecule is Cl.Nc1ncc(CN2CCC(CO)C2)s1. The van der Waals surface area contributed by atoms with Crippen LogP contribution in [0.25, 0.3) is 0 Å². The van der Waals surface area contributed by atoms with Gasteiger partial charge < -0.3 is 10.8 Å². The van der Waals surface area contributed by atoms with E-state index >= 15 is 0 Å². The van der Waals surface area contributed by atoms with Crippen molar-refractivity contribution in [1.82, 2.24) is 9.88 Å². The Morgan fingerprint density at radius 1 is 1.67 bits per heavy atom. The van der Waals surface area contributed by atoms with Crippen LogP contribution in [-0.4, -0.2) is 34.7 Å². The van der Waals surface area contributed by atoms with Gasteiger partial charge >= 0.3 is 0 Å². The first-order valence-corrected chi connectivity index (χ1v) is 5.63. The minimum Gasteiger partial charge on any atom is -0.396 e. The second-order valence-electron chi connectivity index (χ2n) is 3.74. The highest BCUT2D eigenvalue weighted by Crippen LogP contribution is 2.21. The van der Waals surface area contributed by atoms with Crippen molar-refractivity contribution in [1.29, 1.82) is 0 Å². The van der Waals surface area contributed by atoms with Crippen molar-refractivity contribution < 1.29 is 5.11 Å². The molecular weight excluding hydrogens is 234 g/mol. The van der Waals surface area contributed by atoms with Crippen LogP contribution in [0.2, 0.25) is 0 Å². The van der Waals surface area contributed by atoms with Crippen LogP contribution >= 0.6 is 23.7 Å². The molecule has 86 valence electrons. The average molecular weight is 250 g/mol. The third kappa shape index (κ3) is 3.31. The van der Waals surface area contributed by atoms with Crippen molar-refractivity contribution in [2.75, 3.05) is 25.4 Å². The van der Waals surface area contributed by atoms with Gasteiger partial charge in [0.1, 0.15) is 0 Å². The minimum absolute atomic E-state index is 0. The highest BCUT2D eigenvalue weighted by atomic mass is 35.5. The molecule has 1 fully saturated rings. The predicted octanol–water partition coefficient (Wildman–Crippen LogP) is 0.961. The molecule has 1 aliphatic heterocycles. The fourth-order valence-corrected chi connectivity index (χ4v) is 2.55. The molecule has 0 aromatic carbocycles. The molecule has 1 aliphatic rings. The molecule has 1 atom stereocenters. The van der Waals surface area contributed by atoms with Gasteiger partial charge in [-0.3, -0.25) is 4.90 Å². The molecule has 0 radical (unpaired) electrons. The fraction of sp³-hybridized carbons (Fsp3) is 0.667. The van der Waals surface area contributed by atoms with E-state index in [0.29, 0.717) is 17.7 Å². The monoisotopic (exact) mass is 249 g/mol. The van der Waals surface area contributed by atoms with Crippen molar-refractivity contribution in [3.05, 3.63) is 11.1 Å². The quantitative estimate of drug-likeness (QED) is 0.838. The van der Waals surface area contributed by atoms with Crippen LogP contribution in [0.1, 0.15) is 11.3 Å². The Bertz CT molecular complexity index is 307. The molecular formula is C9H16ClN3OS. The number of halogens is 1. The molecule has 0 saturated carbocycles. The van der Waals surface area contributed by atoms with Gasteiger partial charge in [-0.15, -0.1) is 23.7 Å². The Morgan fingerprint density at radius 2 is 2.47 bits per heavy atom. The second-order valence-corrected chi connectivity index (χ2v) is 4.88. The summed E-state index contributed by atoms with van der Waals surface area (Å²) in [5.41, 5.74) is 5.56. The van der Waals surface area contributed by atoms with Gasteiger partial charge in [0.2, 0.25) is 0 Å². The van der Waals surface area contributed by atoms with Gasteiger partial charge in [-0.05, 0) is 18.9 Å². The first-order valence-electron chi connectivity index (χ1n) is 4.81. The first kappa shape index (κ1) is 12.7. The van der Waals surface area contributed by atoms with Crippen molar-refractivity contribution >= 4 is 28.9 Å². The molecule has 15 heavy (non-hydrogen) atoms. The van der Waals surface area contributed by atoms with E-state index in [9.17, 15) is 0 Å². The maximum absolute atomic E-state index is 9.00. The number of anilines is 1. The van der Waals surface area contributed by atoms with Crippen LogP contribution < -0.4 is 5.73 Å². The molecule has 0 spiro atoms. The minimum atomic E-state index is 0. The number of aliphatic hydroxyl groups is 1. The lowest BCUT2D eigenvalue weighted by Gasteiger charge is -2.13. The lowest BCUT2D eigenvalue weighted by Crippen LogP contribution is -2.20. The van der Waals surface area contributed by atoms with Crippen LogP contribution in [-0.2, 0) is 6.54 Å². The standard InChI is InChI=1S/C9H15N3OS.ClH/c10-9-11-3-8(14-9)5-12-2-1-7(4-12)6-13;/h3,7,13H,1-2,4-6H2,(H2,10,11);1H. The molecule has 1 aromatic heterocycles. The number of hydrogen-bond acceptors (Lipinski definition) is 5. The third-order valence-corrected chi connectivity index (χ3v) is 3.39. The summed E-state index contributed by atoms with van der Waals surface area (Å²) in [5.74, 6) is 0.459. The van der Waals surface area contributed by atoms with Gasteiger partial charge in [0.25, 0.3) is 0 Å². The maximum Gasteiger partial charge on any atom is 0.180 e. The van der Waals surface area contributed by atoms with Crippen molar-refractivity contribution in [2.45, 2.75) is 13.0 Å². The second kappa shape index (κ2) is 5.65. The van der Waals surface area contributed by atoms with Crippen LogP contribution in [0.3, 0.4) is 0 Å². The molecule has 1 saturated heterocycles. The topological polar surface area (TPSA) is 62.4 Å². The average Bonchev–Trinajstić information content (AvgIpc) is 2.76. The Labute approximate surface area is 99.5 Å². The van der Waals surface area contributed by atoms with Crippen LogP contribution in [0.15, 0.2) is 6.20 Å². The Balaban J connectivity index is 0.00000112. The fourth-order valence-electron chi connectivity index (χ4n) is 1.82. The molecule has 0 aliphatic carbocycles. The summed E-state index contributed by atoms with van der Waals surface area (Å²) >= 11 is 1.55. The van der Waals surface area contributed by atoms with Crippen LogP contribution in [0, 0.1) is 5.92 Å². The van der Waals surface area contributed by atoms with Crippen molar-refractivity contribution in [3.63, 3.8) is 0 Å². The summed E-state index contributed by atoms with van der Waals surface area (Å²) in [6, 6.07) is 0. The summed E-state index contributed by atoms with van der Waals surface area (Å²) in [6.45, 7) is 3.30. The van der Waals surface area contributed by atoms with Gasteiger partial charge in [0.05, 0.1) is 0 Å². The van der Waals surface area contributed by atoms with Gasteiger partial charge in [-0.2, -0.15) is 0 Å². The number of likely N-dealkylation sites (tertiary alicyclic amines) is 1. The molecule has 2 rings (SSSR count). The van der Waals surface area contributed by atoms with E-state index in [0.717, 1.165) is 26.1 Å². The van der Waals surface area contributed by atoms with E-state index in [4.69, 9.17) is 10.8 Å². The van der Waals surface area contributed by atoms with E-state index in [-0.39, 0.29) is 12.4 Å². The number of nitrogen functional groups attached to an aromatic ring is 1. The van der Waals surface area contributed by atoms with E-state index in [2.05, 4.69) is 9.88 Å². The lowest BCUT2D eigenvalue weighted by molar-refractivity contribution is 0.220. The van der Waals surface area contributed by atoms with E-state index < -0.39 is 0 Å². The molecule has 3 N–H and O–H groups in total. The van der Waals surface area contributed by atoms with E-state index in [1.165, 1.54) is 4.88 Å². The zero-order chi connectivity index (χ0) is 9.97. The number of aliphatic hydroxyl groups excluding tert-OH is 1. The number of nitrogens with zero attached hydrogens (tertiary/aromatic N) is 2. The number of hydrogen-bond donors (Lipinski definition) is 2. The maximum atomic E-state index is 9.00. The first-order chi connectivity index (χ1) is 6.78. The summed E-state index contributed by atoms with van der Waals surface area (Å²) in [7, 11) is 0. The Morgan fingerprint density at radius 3 is 3.00 bits per heavy atom. The normalized spacial score (nSPS) is 21.5. The zero-order valence-corrected chi connectivity index (χ0v) is 10.1. The van der Waals surface area contributed by atoms with Gasteiger partial charge in [0, 0.05) is 30.8 Å². The smallest absolute Gasteiger partial charge is 0.180 e. The van der Waals surface area contributed by atoms with Gasteiger partial charge in [-0.25, -0.2) is 4.98 Å². The predicted molar refractivity (Wildman–Crippen MR) is 64.2 cm³/mol. The highest BCUT2D eigenvalue weighted by molar-refractivity contribution is 7.15. The molecule has 2 heterocycles. The molecule has 0 amide bonds. The highest BCUT2D eigenvalue weighted by Gasteiger charge is 2.21. The summed E-state index contributed by atoms with van der Waals surface area (Å²) < 4.78 is 0. The van der Waals surface area contributed by atoms with E-state index in [1.54, 1.807) is 11.3 Å². The number of nitrogens with two attached hydrogens (primary N) is 1.